The number of rotatable bonds is 5. The highest BCUT2D eigenvalue weighted by Crippen LogP contribution is 2.28. The Morgan fingerprint density at radius 3 is 2.78 bits per heavy atom. The van der Waals surface area contributed by atoms with E-state index in [2.05, 4.69) is 11.1 Å². The molecule has 1 aliphatic rings. The van der Waals surface area contributed by atoms with Crippen molar-refractivity contribution in [2.24, 2.45) is 0 Å². The largest absolute Gasteiger partial charge is 0.454 e. The number of fused-ring (bicyclic) bond motifs is 2. The molecule has 1 atom stereocenters. The van der Waals surface area contributed by atoms with Crippen molar-refractivity contribution in [3.8, 4) is 0 Å². The summed E-state index contributed by atoms with van der Waals surface area (Å²) in [5.74, 6) is -0.401. The molecule has 0 aliphatic heterocycles. The van der Waals surface area contributed by atoms with Gasteiger partial charge in [0, 0.05) is 0 Å². The fourth-order valence-electron chi connectivity index (χ4n) is 3.75. The number of hydrogen-bond donors (Lipinski definition) is 0. The second-order valence-electron chi connectivity index (χ2n) is 6.87. The first-order valence-corrected chi connectivity index (χ1v) is 9.08. The van der Waals surface area contributed by atoms with Crippen LogP contribution in [0.15, 0.2) is 42.5 Å². The van der Waals surface area contributed by atoms with Crippen LogP contribution in [0.2, 0.25) is 0 Å². The van der Waals surface area contributed by atoms with Crippen LogP contribution >= 0.6 is 0 Å². The number of esters is 1. The molecule has 6 heteroatoms. The van der Waals surface area contributed by atoms with Gasteiger partial charge in [-0.15, -0.1) is 0 Å². The predicted octanol–water partition coefficient (Wildman–Crippen LogP) is 4.77. The van der Waals surface area contributed by atoms with Crippen LogP contribution in [0.25, 0.3) is 11.0 Å². The van der Waals surface area contributed by atoms with Crippen LogP contribution in [-0.4, -0.2) is 15.5 Å². The number of aryl methyl sites for hydroxylation is 2. The summed E-state index contributed by atoms with van der Waals surface area (Å²) in [5, 5.41) is 0. The summed E-state index contributed by atoms with van der Waals surface area (Å²) in [6, 6.07) is 12.7. The zero-order chi connectivity index (χ0) is 19.0. The Morgan fingerprint density at radius 1 is 1.19 bits per heavy atom. The number of aromatic nitrogens is 2. The lowest BCUT2D eigenvalue weighted by Gasteiger charge is -2.15. The first kappa shape index (κ1) is 17.6. The molecule has 3 aromatic rings. The van der Waals surface area contributed by atoms with Crippen LogP contribution in [0.4, 0.5) is 8.78 Å². The zero-order valence-corrected chi connectivity index (χ0v) is 15.0. The lowest BCUT2D eigenvalue weighted by atomic mass is 10.0. The molecule has 0 saturated heterocycles. The van der Waals surface area contributed by atoms with E-state index in [1.54, 1.807) is 31.2 Å². The van der Waals surface area contributed by atoms with Gasteiger partial charge in [0.2, 0.25) is 0 Å². The molecule has 0 radical (unpaired) electrons. The van der Waals surface area contributed by atoms with Gasteiger partial charge >= 0.3 is 12.5 Å². The van der Waals surface area contributed by atoms with Gasteiger partial charge in [0.1, 0.15) is 0 Å². The molecule has 4 rings (SSSR count). The summed E-state index contributed by atoms with van der Waals surface area (Å²) < 4.78 is 33.3. The van der Waals surface area contributed by atoms with Crippen molar-refractivity contribution in [3.63, 3.8) is 0 Å². The number of alkyl halides is 2. The Balaban J connectivity index is 1.52. The fraction of sp³-hybridized carbons (Fsp3) is 0.333. The minimum Gasteiger partial charge on any atom is -0.454 e. The minimum absolute atomic E-state index is 0.0495. The lowest BCUT2D eigenvalue weighted by Crippen LogP contribution is -2.16. The molecule has 0 N–H and O–H groups in total. The maximum Gasteiger partial charge on any atom is 0.320 e. The molecular formula is C21H20F2N2O2. The number of hydrogen-bond acceptors (Lipinski definition) is 3. The normalized spacial score (nSPS) is 14.5. The third-order valence-electron chi connectivity index (χ3n) is 5.00. The van der Waals surface area contributed by atoms with E-state index in [1.807, 2.05) is 12.1 Å². The number of para-hydroxylation sites is 2. The van der Waals surface area contributed by atoms with E-state index in [9.17, 15) is 13.6 Å². The Hall–Kier alpha value is -2.76. The lowest BCUT2D eigenvalue weighted by molar-refractivity contribution is -0.148. The van der Waals surface area contributed by atoms with Crippen molar-refractivity contribution in [2.75, 3.05) is 0 Å². The fourth-order valence-corrected chi connectivity index (χ4v) is 3.75. The van der Waals surface area contributed by atoms with Gasteiger partial charge in [-0.05, 0) is 55.0 Å². The second kappa shape index (κ2) is 7.10. The standard InChI is InChI=1S/C21H20F2N2O2/c1-13(20-24-17-7-2-3-8-18(17)25(20)21(22)23)27-19(26)12-14-9-10-15-5-4-6-16(15)11-14/h2-3,7-11,13,21H,4-6,12H2,1H3. The Labute approximate surface area is 155 Å². The van der Waals surface area contributed by atoms with E-state index in [-0.39, 0.29) is 12.2 Å². The van der Waals surface area contributed by atoms with E-state index in [0.29, 0.717) is 11.0 Å². The number of halogens is 2. The molecule has 1 aliphatic carbocycles. The molecule has 1 unspecified atom stereocenters. The smallest absolute Gasteiger partial charge is 0.320 e. The van der Waals surface area contributed by atoms with Gasteiger partial charge in [-0.3, -0.25) is 9.36 Å². The van der Waals surface area contributed by atoms with E-state index in [0.717, 1.165) is 29.4 Å². The first-order chi connectivity index (χ1) is 13.0. The maximum atomic E-state index is 13.5. The van der Waals surface area contributed by atoms with Crippen LogP contribution in [0.5, 0.6) is 0 Å². The molecule has 140 valence electrons. The monoisotopic (exact) mass is 370 g/mol. The van der Waals surface area contributed by atoms with Gasteiger partial charge in [0.05, 0.1) is 17.5 Å². The number of nitrogens with zero attached hydrogens (tertiary/aromatic N) is 2. The topological polar surface area (TPSA) is 44.1 Å². The molecule has 0 amide bonds. The van der Waals surface area contributed by atoms with Gasteiger partial charge in [-0.25, -0.2) is 4.98 Å². The average Bonchev–Trinajstić information content (AvgIpc) is 3.25. The average molecular weight is 370 g/mol. The number of carbonyl (C=O) groups is 1. The van der Waals surface area contributed by atoms with Crippen molar-refractivity contribution in [1.82, 2.24) is 9.55 Å². The maximum absolute atomic E-state index is 13.5. The van der Waals surface area contributed by atoms with E-state index >= 15 is 0 Å². The van der Waals surface area contributed by atoms with Gasteiger partial charge in [-0.1, -0.05) is 30.3 Å². The Kier molecular flexibility index (Phi) is 4.64. The van der Waals surface area contributed by atoms with Crippen LogP contribution in [-0.2, 0) is 28.8 Å². The highest BCUT2D eigenvalue weighted by atomic mass is 19.3. The highest BCUT2D eigenvalue weighted by Gasteiger charge is 2.24. The highest BCUT2D eigenvalue weighted by molar-refractivity contribution is 5.76. The van der Waals surface area contributed by atoms with Crippen molar-refractivity contribution in [1.29, 1.82) is 0 Å². The minimum atomic E-state index is -2.76. The van der Waals surface area contributed by atoms with E-state index < -0.39 is 18.6 Å². The molecule has 2 aromatic carbocycles. The third kappa shape index (κ3) is 3.44. The quantitative estimate of drug-likeness (QED) is 0.608. The van der Waals surface area contributed by atoms with Crippen LogP contribution in [0, 0.1) is 0 Å². The van der Waals surface area contributed by atoms with Crippen molar-refractivity contribution in [3.05, 3.63) is 65.0 Å². The predicted molar refractivity (Wildman–Crippen MR) is 97.7 cm³/mol. The molecular weight excluding hydrogens is 350 g/mol. The second-order valence-corrected chi connectivity index (χ2v) is 6.87. The summed E-state index contributed by atoms with van der Waals surface area (Å²) in [6.45, 7) is -1.19. The summed E-state index contributed by atoms with van der Waals surface area (Å²) >= 11 is 0. The zero-order valence-electron chi connectivity index (χ0n) is 15.0. The Morgan fingerprint density at radius 2 is 1.96 bits per heavy atom. The Bertz CT molecular complexity index is 997. The van der Waals surface area contributed by atoms with Crippen molar-refractivity contribution < 1.29 is 18.3 Å². The number of carbonyl (C=O) groups excluding carboxylic acids is 1. The summed E-state index contributed by atoms with van der Waals surface area (Å²) in [6.07, 6.45) is 2.51. The van der Waals surface area contributed by atoms with Gasteiger partial charge < -0.3 is 4.74 Å². The third-order valence-corrected chi connectivity index (χ3v) is 5.00. The van der Waals surface area contributed by atoms with E-state index in [1.165, 1.54) is 11.1 Å². The molecule has 0 bridgehead atoms. The summed E-state index contributed by atoms with van der Waals surface area (Å²) in [4.78, 5) is 16.6. The molecule has 0 saturated carbocycles. The molecule has 0 spiro atoms. The van der Waals surface area contributed by atoms with Gasteiger partial charge in [0.15, 0.2) is 11.9 Å². The van der Waals surface area contributed by atoms with Crippen LogP contribution in [0.1, 0.15) is 48.5 Å². The molecule has 1 aromatic heterocycles. The van der Waals surface area contributed by atoms with Gasteiger partial charge in [-0.2, -0.15) is 8.78 Å². The van der Waals surface area contributed by atoms with Crippen molar-refractivity contribution in [2.45, 2.75) is 45.3 Å². The number of benzene rings is 2. The summed E-state index contributed by atoms with van der Waals surface area (Å²) in [5.41, 5.74) is 4.28. The van der Waals surface area contributed by atoms with Gasteiger partial charge in [0.25, 0.3) is 0 Å². The SMILES string of the molecule is CC(OC(=O)Cc1ccc2c(c1)CCC2)c1nc2ccccc2n1C(F)F. The van der Waals surface area contributed by atoms with Crippen LogP contribution in [0.3, 0.4) is 0 Å². The molecule has 4 nitrogen and oxygen atoms in total. The molecule has 1 heterocycles. The number of imidazole rings is 1. The molecule has 0 fully saturated rings. The van der Waals surface area contributed by atoms with E-state index in [4.69, 9.17) is 4.74 Å². The van der Waals surface area contributed by atoms with Crippen molar-refractivity contribution >= 4 is 17.0 Å². The number of ether oxygens (including phenoxy) is 1. The molecule has 27 heavy (non-hydrogen) atoms. The van der Waals surface area contributed by atoms with Crippen LogP contribution < -0.4 is 0 Å². The summed E-state index contributed by atoms with van der Waals surface area (Å²) in [7, 11) is 0. The first-order valence-electron chi connectivity index (χ1n) is 9.08.